The Morgan fingerprint density at radius 2 is 1.52 bits per heavy atom. The molecule has 0 saturated carbocycles. The molecule has 0 saturated heterocycles. The van der Waals surface area contributed by atoms with Crippen molar-refractivity contribution in [1.29, 1.82) is 0 Å². The molecular weight excluding hydrogens is 260 g/mol. The molecule has 1 atom stereocenters. The number of hydrogen-bond donors (Lipinski definition) is 1. The van der Waals surface area contributed by atoms with E-state index >= 15 is 0 Å². The van der Waals surface area contributed by atoms with Gasteiger partial charge in [0.2, 0.25) is 0 Å². The summed E-state index contributed by atoms with van der Waals surface area (Å²) in [5, 5.41) is 11.2. The van der Waals surface area contributed by atoms with Crippen LogP contribution in [0.3, 0.4) is 0 Å². The van der Waals surface area contributed by atoms with Crippen LogP contribution in [0.1, 0.15) is 40.3 Å². The molecule has 1 N–H and O–H groups in total. The monoisotopic (exact) mass is 284 g/mol. The topological polar surface area (TPSA) is 29.5 Å². The summed E-state index contributed by atoms with van der Waals surface area (Å²) in [5.41, 5.74) is 5.09. The first kappa shape index (κ1) is 15.6. The molecule has 2 aromatic rings. The minimum atomic E-state index is -1.08. The Balaban J connectivity index is 2.69. The molecule has 0 heterocycles. The average Bonchev–Trinajstić information content (AvgIpc) is 2.44. The molecule has 0 spiro atoms. The van der Waals surface area contributed by atoms with Gasteiger partial charge in [0.05, 0.1) is 7.11 Å². The molecular formula is C19H24O2. The molecule has 0 amide bonds. The van der Waals surface area contributed by atoms with Crippen molar-refractivity contribution in [1.82, 2.24) is 0 Å². The maximum atomic E-state index is 11.2. The third-order valence-corrected chi connectivity index (χ3v) is 4.32. The third-order valence-electron chi connectivity index (χ3n) is 4.32. The van der Waals surface area contributed by atoms with Crippen LogP contribution in [0, 0.1) is 27.7 Å². The highest BCUT2D eigenvalue weighted by Crippen LogP contribution is 2.39. The second kappa shape index (κ2) is 5.53. The van der Waals surface area contributed by atoms with Crippen molar-refractivity contribution in [2.24, 2.45) is 0 Å². The van der Waals surface area contributed by atoms with Crippen LogP contribution in [-0.4, -0.2) is 12.2 Å². The maximum Gasteiger partial charge on any atom is 0.128 e. The van der Waals surface area contributed by atoms with Crippen molar-refractivity contribution >= 4 is 0 Å². The summed E-state index contributed by atoms with van der Waals surface area (Å²) in [6, 6.07) is 10.2. The molecule has 21 heavy (non-hydrogen) atoms. The SMILES string of the molecule is COc1c(C(C)(O)c2cc(C)ccc2C)ccc(C)c1C. The summed E-state index contributed by atoms with van der Waals surface area (Å²) in [6.07, 6.45) is 0. The highest BCUT2D eigenvalue weighted by Gasteiger charge is 2.31. The summed E-state index contributed by atoms with van der Waals surface area (Å²) in [5.74, 6) is 0.765. The second-order valence-electron chi connectivity index (χ2n) is 5.98. The predicted octanol–water partition coefficient (Wildman–Crippen LogP) is 4.18. The second-order valence-corrected chi connectivity index (χ2v) is 5.98. The quantitative estimate of drug-likeness (QED) is 0.916. The summed E-state index contributed by atoms with van der Waals surface area (Å²) in [4.78, 5) is 0. The van der Waals surface area contributed by atoms with Crippen LogP contribution in [-0.2, 0) is 5.60 Å². The molecule has 0 bridgehead atoms. The number of benzene rings is 2. The zero-order valence-corrected chi connectivity index (χ0v) is 13.7. The van der Waals surface area contributed by atoms with Crippen molar-refractivity contribution in [3.05, 3.63) is 63.7 Å². The van der Waals surface area contributed by atoms with E-state index in [-0.39, 0.29) is 0 Å². The van der Waals surface area contributed by atoms with Gasteiger partial charge in [-0.15, -0.1) is 0 Å². The Morgan fingerprint density at radius 3 is 2.14 bits per heavy atom. The fraction of sp³-hybridized carbons (Fsp3) is 0.368. The van der Waals surface area contributed by atoms with E-state index < -0.39 is 5.60 Å². The van der Waals surface area contributed by atoms with Gasteiger partial charge in [-0.2, -0.15) is 0 Å². The third kappa shape index (κ3) is 2.68. The molecule has 0 aliphatic heterocycles. The molecule has 0 aliphatic rings. The van der Waals surface area contributed by atoms with Gasteiger partial charge >= 0.3 is 0 Å². The first-order valence-electron chi connectivity index (χ1n) is 7.23. The van der Waals surface area contributed by atoms with Crippen molar-refractivity contribution in [3.63, 3.8) is 0 Å². The maximum absolute atomic E-state index is 11.2. The van der Waals surface area contributed by atoms with Crippen molar-refractivity contribution in [2.45, 2.75) is 40.2 Å². The fourth-order valence-electron chi connectivity index (χ4n) is 2.84. The normalized spacial score (nSPS) is 13.9. The van der Waals surface area contributed by atoms with Crippen LogP contribution in [0.4, 0.5) is 0 Å². The highest BCUT2D eigenvalue weighted by molar-refractivity contribution is 5.52. The zero-order valence-electron chi connectivity index (χ0n) is 13.7. The van der Waals surface area contributed by atoms with E-state index in [9.17, 15) is 5.11 Å². The van der Waals surface area contributed by atoms with Crippen LogP contribution in [0.2, 0.25) is 0 Å². The van der Waals surface area contributed by atoms with Gasteiger partial charge in [0, 0.05) is 5.56 Å². The number of hydrogen-bond acceptors (Lipinski definition) is 2. The molecule has 2 aromatic carbocycles. The first-order valence-corrected chi connectivity index (χ1v) is 7.23. The smallest absolute Gasteiger partial charge is 0.128 e. The van der Waals surface area contributed by atoms with E-state index in [0.717, 1.165) is 39.1 Å². The molecule has 2 heteroatoms. The zero-order chi connectivity index (χ0) is 15.8. The Labute approximate surface area is 127 Å². The Kier molecular flexibility index (Phi) is 4.11. The summed E-state index contributed by atoms with van der Waals surface area (Å²) < 4.78 is 5.57. The van der Waals surface area contributed by atoms with Crippen LogP contribution in [0.25, 0.3) is 0 Å². The Morgan fingerprint density at radius 1 is 0.905 bits per heavy atom. The fourth-order valence-corrected chi connectivity index (χ4v) is 2.84. The number of aliphatic hydroxyl groups is 1. The lowest BCUT2D eigenvalue weighted by molar-refractivity contribution is 0.0980. The van der Waals surface area contributed by atoms with Crippen LogP contribution in [0.15, 0.2) is 30.3 Å². The van der Waals surface area contributed by atoms with Gasteiger partial charge in [-0.05, 0) is 56.9 Å². The van der Waals surface area contributed by atoms with Gasteiger partial charge in [0.15, 0.2) is 0 Å². The van der Waals surface area contributed by atoms with E-state index in [1.165, 1.54) is 0 Å². The molecule has 2 nitrogen and oxygen atoms in total. The number of methoxy groups -OCH3 is 1. The van der Waals surface area contributed by atoms with Crippen LogP contribution < -0.4 is 4.74 Å². The summed E-state index contributed by atoms with van der Waals surface area (Å²) >= 11 is 0. The van der Waals surface area contributed by atoms with E-state index in [1.54, 1.807) is 7.11 Å². The van der Waals surface area contributed by atoms with E-state index in [4.69, 9.17) is 4.74 Å². The van der Waals surface area contributed by atoms with Gasteiger partial charge in [0.1, 0.15) is 11.4 Å². The van der Waals surface area contributed by atoms with Crippen LogP contribution in [0.5, 0.6) is 5.75 Å². The van der Waals surface area contributed by atoms with Crippen molar-refractivity contribution in [2.75, 3.05) is 7.11 Å². The minimum Gasteiger partial charge on any atom is -0.496 e. The van der Waals surface area contributed by atoms with Crippen molar-refractivity contribution in [3.8, 4) is 5.75 Å². The molecule has 2 rings (SSSR count). The Hall–Kier alpha value is -1.80. The number of aryl methyl sites for hydroxylation is 3. The lowest BCUT2D eigenvalue weighted by atomic mass is 9.83. The predicted molar refractivity (Wildman–Crippen MR) is 87.1 cm³/mol. The van der Waals surface area contributed by atoms with Gasteiger partial charge in [-0.25, -0.2) is 0 Å². The van der Waals surface area contributed by atoms with E-state index in [0.29, 0.717) is 0 Å². The number of ether oxygens (including phenoxy) is 1. The van der Waals surface area contributed by atoms with Crippen LogP contribution >= 0.6 is 0 Å². The summed E-state index contributed by atoms with van der Waals surface area (Å²) in [6.45, 7) is 9.97. The Bertz CT molecular complexity index is 670. The number of rotatable bonds is 3. The van der Waals surface area contributed by atoms with Crippen molar-refractivity contribution < 1.29 is 9.84 Å². The molecule has 0 fully saturated rings. The van der Waals surface area contributed by atoms with Gasteiger partial charge in [0.25, 0.3) is 0 Å². The molecule has 1 unspecified atom stereocenters. The standard InChI is InChI=1S/C19H24O2/c1-12-7-8-14(3)17(11-12)19(5,20)16-10-9-13(2)15(4)18(16)21-6/h7-11,20H,1-6H3. The minimum absolute atomic E-state index is 0.765. The molecule has 0 aliphatic carbocycles. The van der Waals surface area contributed by atoms with Gasteiger partial charge in [-0.3, -0.25) is 0 Å². The van der Waals surface area contributed by atoms with E-state index in [2.05, 4.69) is 6.07 Å². The molecule has 0 radical (unpaired) electrons. The largest absolute Gasteiger partial charge is 0.496 e. The molecule has 112 valence electrons. The lowest BCUT2D eigenvalue weighted by Gasteiger charge is -2.29. The lowest BCUT2D eigenvalue weighted by Crippen LogP contribution is -2.25. The highest BCUT2D eigenvalue weighted by atomic mass is 16.5. The van der Waals surface area contributed by atoms with Gasteiger partial charge < -0.3 is 9.84 Å². The first-order chi connectivity index (χ1) is 9.78. The molecule has 0 aromatic heterocycles. The van der Waals surface area contributed by atoms with E-state index in [1.807, 2.05) is 58.9 Å². The summed E-state index contributed by atoms with van der Waals surface area (Å²) in [7, 11) is 1.66. The average molecular weight is 284 g/mol. The van der Waals surface area contributed by atoms with Gasteiger partial charge in [-0.1, -0.05) is 35.9 Å².